The Bertz CT molecular complexity index is 578. The van der Waals surface area contributed by atoms with Crippen LogP contribution in [0.2, 0.25) is 10.0 Å². The fourth-order valence-electron chi connectivity index (χ4n) is 1.99. The lowest BCUT2D eigenvalue weighted by Gasteiger charge is -2.14. The molecule has 19 heavy (non-hydrogen) atoms. The highest BCUT2D eigenvalue weighted by molar-refractivity contribution is 9.10. The van der Waals surface area contributed by atoms with E-state index in [0.717, 1.165) is 21.2 Å². The molecule has 2 aromatic rings. The van der Waals surface area contributed by atoms with Crippen LogP contribution < -0.4 is 0 Å². The average molecular weight is 360 g/mol. The Hall–Kier alpha value is -0.540. The van der Waals surface area contributed by atoms with Crippen molar-refractivity contribution in [1.82, 2.24) is 0 Å². The summed E-state index contributed by atoms with van der Waals surface area (Å²) in [6.07, 6.45) is -0.165. The lowest BCUT2D eigenvalue weighted by atomic mass is 10.00. The third-order valence-corrected chi connectivity index (χ3v) is 4.21. The van der Waals surface area contributed by atoms with Gasteiger partial charge >= 0.3 is 0 Å². The van der Waals surface area contributed by atoms with Crippen LogP contribution in [0.3, 0.4) is 0 Å². The smallest absolute Gasteiger partial charge is 0.0831 e. The quantitative estimate of drug-likeness (QED) is 0.784. The number of halogens is 3. The first-order valence-electron chi connectivity index (χ1n) is 5.85. The van der Waals surface area contributed by atoms with Crippen molar-refractivity contribution in [2.75, 3.05) is 0 Å². The molecule has 2 aromatic carbocycles. The topological polar surface area (TPSA) is 20.2 Å². The van der Waals surface area contributed by atoms with Gasteiger partial charge < -0.3 is 5.11 Å². The molecule has 2 rings (SSSR count). The molecule has 0 spiro atoms. The zero-order valence-electron chi connectivity index (χ0n) is 10.3. The summed E-state index contributed by atoms with van der Waals surface area (Å²) in [6.45, 7) is 1.99. The fourth-order valence-corrected chi connectivity index (χ4v) is 3.01. The molecule has 0 saturated heterocycles. The molecule has 1 nitrogen and oxygen atoms in total. The number of rotatable bonds is 3. The van der Waals surface area contributed by atoms with Crippen molar-refractivity contribution in [3.63, 3.8) is 0 Å². The summed E-state index contributed by atoms with van der Waals surface area (Å²) in [5, 5.41) is 11.3. The number of hydrogen-bond acceptors (Lipinski definition) is 1. The maximum absolute atomic E-state index is 10.3. The van der Waals surface area contributed by atoms with Gasteiger partial charge in [-0.1, -0.05) is 57.3 Å². The molecule has 1 unspecified atom stereocenters. The second kappa shape index (κ2) is 6.27. The van der Waals surface area contributed by atoms with E-state index >= 15 is 0 Å². The van der Waals surface area contributed by atoms with E-state index in [1.165, 1.54) is 0 Å². The second-order valence-electron chi connectivity index (χ2n) is 4.49. The van der Waals surface area contributed by atoms with Gasteiger partial charge in [0.2, 0.25) is 0 Å². The lowest BCUT2D eigenvalue weighted by molar-refractivity contribution is 0.178. The molecule has 0 aliphatic carbocycles. The van der Waals surface area contributed by atoms with Crippen molar-refractivity contribution in [3.05, 3.63) is 67.6 Å². The highest BCUT2D eigenvalue weighted by atomic mass is 79.9. The Morgan fingerprint density at radius 1 is 1.21 bits per heavy atom. The maximum Gasteiger partial charge on any atom is 0.0831 e. The molecule has 0 aliphatic rings. The Labute approximate surface area is 131 Å². The summed E-state index contributed by atoms with van der Waals surface area (Å²) < 4.78 is 0.957. The lowest BCUT2D eigenvalue weighted by Crippen LogP contribution is -2.03. The van der Waals surface area contributed by atoms with Gasteiger partial charge in [-0.3, -0.25) is 0 Å². The first kappa shape index (κ1) is 14.9. The summed E-state index contributed by atoms with van der Waals surface area (Å²) in [4.78, 5) is 0. The highest BCUT2D eigenvalue weighted by Crippen LogP contribution is 2.30. The van der Waals surface area contributed by atoms with Crippen molar-refractivity contribution in [2.24, 2.45) is 0 Å². The minimum absolute atomic E-state index is 0.440. The van der Waals surface area contributed by atoms with E-state index in [1.807, 2.05) is 37.3 Å². The summed E-state index contributed by atoms with van der Waals surface area (Å²) in [5.74, 6) is 0. The first-order valence-corrected chi connectivity index (χ1v) is 7.40. The van der Waals surface area contributed by atoms with Gasteiger partial charge in [0.25, 0.3) is 0 Å². The van der Waals surface area contributed by atoms with Gasteiger partial charge in [-0.25, -0.2) is 0 Å². The molecular formula is C15H13BrCl2O. The number of aliphatic hydroxyl groups excluding tert-OH is 1. The molecule has 4 heteroatoms. The number of benzene rings is 2. The van der Waals surface area contributed by atoms with E-state index in [-0.39, 0.29) is 0 Å². The van der Waals surface area contributed by atoms with Crippen LogP contribution in [0.15, 0.2) is 40.9 Å². The zero-order valence-corrected chi connectivity index (χ0v) is 13.4. The third-order valence-electron chi connectivity index (χ3n) is 2.89. The van der Waals surface area contributed by atoms with Crippen LogP contribution >= 0.6 is 39.1 Å². The molecule has 1 atom stereocenters. The fraction of sp³-hybridized carbons (Fsp3) is 0.200. The Kier molecular flexibility index (Phi) is 4.91. The summed E-state index contributed by atoms with van der Waals surface area (Å²) in [5.41, 5.74) is 2.81. The van der Waals surface area contributed by atoms with Crippen LogP contribution in [0.5, 0.6) is 0 Å². The standard InChI is InChI=1S/C15H13BrCl2O/c1-9-5-11(7-12(16)6-9)14(19)8-10-3-2-4-13(17)15(10)18/h2-7,14,19H,8H2,1H3. The number of hydrogen-bond donors (Lipinski definition) is 1. The predicted molar refractivity (Wildman–Crippen MR) is 84.0 cm³/mol. The van der Waals surface area contributed by atoms with Gasteiger partial charge in [-0.2, -0.15) is 0 Å². The van der Waals surface area contributed by atoms with Gasteiger partial charge in [0, 0.05) is 10.9 Å². The molecule has 0 radical (unpaired) electrons. The van der Waals surface area contributed by atoms with Crippen molar-refractivity contribution in [2.45, 2.75) is 19.4 Å². The minimum Gasteiger partial charge on any atom is -0.388 e. The van der Waals surface area contributed by atoms with Gasteiger partial charge in [0.15, 0.2) is 0 Å². The molecule has 0 bridgehead atoms. The average Bonchev–Trinajstić information content (AvgIpc) is 2.33. The maximum atomic E-state index is 10.3. The van der Waals surface area contributed by atoms with Gasteiger partial charge in [-0.05, 0) is 41.8 Å². The highest BCUT2D eigenvalue weighted by Gasteiger charge is 2.13. The first-order chi connectivity index (χ1) is 8.97. The molecule has 0 amide bonds. The van der Waals surface area contributed by atoms with Gasteiger partial charge in [0.05, 0.1) is 16.1 Å². The second-order valence-corrected chi connectivity index (χ2v) is 6.20. The van der Waals surface area contributed by atoms with Crippen molar-refractivity contribution in [1.29, 1.82) is 0 Å². The third kappa shape index (κ3) is 3.73. The van der Waals surface area contributed by atoms with Crippen LogP contribution in [0.25, 0.3) is 0 Å². The number of aliphatic hydroxyl groups is 1. The van der Waals surface area contributed by atoms with Crippen LogP contribution in [-0.4, -0.2) is 5.11 Å². The van der Waals surface area contributed by atoms with Gasteiger partial charge in [-0.15, -0.1) is 0 Å². The molecule has 0 aromatic heterocycles. The van der Waals surface area contributed by atoms with Crippen LogP contribution in [0.1, 0.15) is 22.8 Å². The van der Waals surface area contributed by atoms with E-state index in [0.29, 0.717) is 16.5 Å². The minimum atomic E-state index is -0.604. The van der Waals surface area contributed by atoms with E-state index in [2.05, 4.69) is 15.9 Å². The number of aryl methyl sites for hydroxylation is 1. The SMILES string of the molecule is Cc1cc(Br)cc(C(O)Cc2cccc(Cl)c2Cl)c1. The summed E-state index contributed by atoms with van der Waals surface area (Å²) in [7, 11) is 0. The van der Waals surface area contributed by atoms with Crippen LogP contribution in [-0.2, 0) is 6.42 Å². The molecule has 0 fully saturated rings. The summed E-state index contributed by atoms with van der Waals surface area (Å²) in [6, 6.07) is 11.3. The van der Waals surface area contributed by atoms with Crippen LogP contribution in [0.4, 0.5) is 0 Å². The Morgan fingerprint density at radius 3 is 2.63 bits per heavy atom. The monoisotopic (exact) mass is 358 g/mol. The van der Waals surface area contributed by atoms with E-state index in [1.54, 1.807) is 6.07 Å². The van der Waals surface area contributed by atoms with Crippen LogP contribution in [0, 0.1) is 6.92 Å². The summed E-state index contributed by atoms with van der Waals surface area (Å²) >= 11 is 15.5. The van der Waals surface area contributed by atoms with E-state index in [9.17, 15) is 5.11 Å². The van der Waals surface area contributed by atoms with Crippen molar-refractivity contribution < 1.29 is 5.11 Å². The molecular weight excluding hydrogens is 347 g/mol. The molecule has 0 aliphatic heterocycles. The molecule has 0 heterocycles. The zero-order chi connectivity index (χ0) is 14.0. The predicted octanol–water partition coefficient (Wildman–Crippen LogP) is 5.34. The molecule has 100 valence electrons. The Balaban J connectivity index is 2.25. The van der Waals surface area contributed by atoms with Crippen molar-refractivity contribution in [3.8, 4) is 0 Å². The normalized spacial score (nSPS) is 12.5. The largest absolute Gasteiger partial charge is 0.388 e. The molecule has 0 saturated carbocycles. The van der Waals surface area contributed by atoms with E-state index in [4.69, 9.17) is 23.2 Å². The van der Waals surface area contributed by atoms with E-state index < -0.39 is 6.10 Å². The Morgan fingerprint density at radius 2 is 1.95 bits per heavy atom. The van der Waals surface area contributed by atoms with Crippen molar-refractivity contribution >= 4 is 39.1 Å². The van der Waals surface area contributed by atoms with Gasteiger partial charge in [0.1, 0.15) is 0 Å². The molecule has 1 N–H and O–H groups in total.